The van der Waals surface area contributed by atoms with E-state index < -0.39 is 247 Å². The summed E-state index contributed by atoms with van der Waals surface area (Å²) >= 11 is 4.24. The van der Waals surface area contributed by atoms with Gasteiger partial charge < -0.3 is 20.4 Å². The Morgan fingerprint density at radius 3 is 0.573 bits per heavy atom. The molecule has 60 heteroatoms. The molecule has 0 saturated carbocycles. The molecule has 0 aliphatic carbocycles. The van der Waals surface area contributed by atoms with E-state index in [1.807, 2.05) is 0 Å². The Hall–Kier alpha value is -14.6. The number of carboxylic acid groups (broad SMARTS) is 1. The molecule has 0 saturated heterocycles. The number of nitrogens with zero attached hydrogens (tertiary/aromatic N) is 9. The van der Waals surface area contributed by atoms with Gasteiger partial charge in [-0.2, -0.15) is 40.0 Å². The first-order valence-electron chi connectivity index (χ1n) is 24.3. The van der Waals surface area contributed by atoms with Gasteiger partial charge in [-0.3, -0.25) is 94.5 Å². The highest BCUT2D eigenvalue weighted by Crippen LogP contribution is 2.57. The van der Waals surface area contributed by atoms with Crippen LogP contribution in [0.15, 0.2) is 129 Å². The molecule has 96 heavy (non-hydrogen) atoms. The molecule has 9 aromatic heterocycles. The van der Waals surface area contributed by atoms with Crippen LogP contribution in [0.3, 0.4) is 0 Å². The second-order valence-corrected chi connectivity index (χ2v) is 19.6. The van der Waals surface area contributed by atoms with E-state index >= 15 is 24.0 Å². The Balaban J connectivity index is 1.87. The Morgan fingerprint density at radius 1 is 0.260 bits per heavy atom. The standard InChI is InChI=1S/C36H27N27O32S/c64-3(65)1(2(55-15(75)37-6(66)38-16(55)76)34(93,58-21(81)43-9(69)44-22(58)82)59-23(83)45-10(70)46-24(59)84)33(96,4(56-17(77)39-7(67)40-18(56)78)35(94,60-25(85)47-11(71)48-26(60)86)61-27(87)49-12(72)50-28(61)88)5(57-19(79)41-8(68)42-20(57)80)36(95,62-29(89)51-13(73)52-30(62)90)63-31(91)53-14(74)54-32(63)92/h1-2,4-5,93-96H,(H,64,65)(H2,37,38,66,75,76)(H2,39,40,67,77,78)(H2,41,42,68,79,80)(H2,43,44,69,81,82)(H2,45,46,70,83,84)(H2,47,48,71,85,86)(H2,49,50,72,87,88)(H2,51,52,73,89,90)(H2,53,54,74,91,92). The summed E-state index contributed by atoms with van der Waals surface area (Å²) < 4.78 is -18.7. The lowest BCUT2D eigenvalue weighted by Crippen LogP contribution is -2.79. The van der Waals surface area contributed by atoms with Crippen LogP contribution in [0.5, 0.6) is 0 Å². The summed E-state index contributed by atoms with van der Waals surface area (Å²) in [5.41, 5.74) is -71.8. The first kappa shape index (κ1) is 65.8. The fourth-order valence-corrected chi connectivity index (χ4v) is 11.3. The summed E-state index contributed by atoms with van der Waals surface area (Å²) in [6.07, 6.45) is 0. The van der Waals surface area contributed by atoms with Crippen molar-refractivity contribution in [2.45, 2.75) is 40.4 Å². The van der Waals surface area contributed by atoms with Crippen molar-refractivity contribution in [3.05, 3.63) is 283 Å². The third-order valence-electron chi connectivity index (χ3n) is 13.6. The van der Waals surface area contributed by atoms with Crippen molar-refractivity contribution in [1.29, 1.82) is 0 Å². The van der Waals surface area contributed by atoms with Gasteiger partial charge in [0.2, 0.25) is 0 Å². The summed E-state index contributed by atoms with van der Waals surface area (Å²) in [4.78, 5) is 417. The van der Waals surface area contributed by atoms with E-state index in [0.29, 0.717) is 0 Å². The van der Waals surface area contributed by atoms with Gasteiger partial charge in [0.1, 0.15) is 24.0 Å². The van der Waals surface area contributed by atoms with Gasteiger partial charge in [-0.25, -0.2) is 143 Å². The molecule has 0 aliphatic heterocycles. The van der Waals surface area contributed by atoms with Crippen LogP contribution in [-0.4, -0.2) is 162 Å². The third-order valence-corrected chi connectivity index (χ3v) is 14.3. The minimum absolute atomic E-state index is 1.07. The zero-order valence-electron chi connectivity index (χ0n) is 45.0. The molecule has 0 spiro atoms. The van der Waals surface area contributed by atoms with E-state index in [0.717, 1.165) is 89.7 Å². The number of aromatic nitrogens is 27. The van der Waals surface area contributed by atoms with E-state index in [1.54, 1.807) is 0 Å². The van der Waals surface area contributed by atoms with E-state index in [1.165, 1.54) is 0 Å². The number of hydrogen-bond donors (Lipinski definition) is 23. The summed E-state index contributed by atoms with van der Waals surface area (Å²) in [5, 5.41) is 54.7. The van der Waals surface area contributed by atoms with Crippen LogP contribution in [0.2, 0.25) is 0 Å². The molecule has 59 nitrogen and oxygen atoms in total. The number of carboxylic acids is 1. The minimum atomic E-state index is -6.12. The average molecular weight is 1380 g/mol. The van der Waals surface area contributed by atoms with Crippen molar-refractivity contribution in [2.24, 2.45) is 5.92 Å². The highest BCUT2D eigenvalue weighted by Gasteiger charge is 2.74. The smallest absolute Gasteiger partial charge is 0.337 e. The molecular formula is C36H27N27O32S. The molecule has 0 fully saturated rings. The Kier molecular flexibility index (Phi) is 15.4. The molecule has 0 aliphatic rings. The van der Waals surface area contributed by atoms with Crippen LogP contribution in [0.1, 0.15) is 18.1 Å². The number of aromatic amines is 18. The van der Waals surface area contributed by atoms with Crippen LogP contribution in [0.25, 0.3) is 0 Å². The lowest BCUT2D eigenvalue weighted by molar-refractivity contribution is -0.211. The normalized spacial score (nSPS) is 13.9. The number of rotatable bonds is 17. The van der Waals surface area contributed by atoms with Gasteiger partial charge >= 0.3 is 160 Å². The van der Waals surface area contributed by atoms with Crippen LogP contribution in [0.4, 0.5) is 0 Å². The molecule has 9 aromatic rings. The van der Waals surface area contributed by atoms with E-state index in [2.05, 4.69) is 12.6 Å². The number of carbonyl (C=O) groups is 1. The summed E-state index contributed by atoms with van der Waals surface area (Å²) in [5.74, 6) is -26.9. The van der Waals surface area contributed by atoms with E-state index in [9.17, 15) is 131 Å². The van der Waals surface area contributed by atoms with Crippen molar-refractivity contribution in [3.63, 3.8) is 0 Å². The maximum Gasteiger partial charge on any atom is 0.337 e. The van der Waals surface area contributed by atoms with Crippen molar-refractivity contribution >= 4 is 18.6 Å². The quantitative estimate of drug-likeness (QED) is 0.0376. The largest absolute Gasteiger partial charge is 0.481 e. The number of hydrogen-bond acceptors (Lipinski definition) is 32. The van der Waals surface area contributed by atoms with Gasteiger partial charge in [0.15, 0.2) is 0 Å². The van der Waals surface area contributed by atoms with Crippen molar-refractivity contribution in [1.82, 2.24) is 131 Å². The zero-order valence-corrected chi connectivity index (χ0v) is 45.9. The first-order chi connectivity index (χ1) is 44.6. The molecule has 4 unspecified atom stereocenters. The molecule has 9 rings (SSSR count). The lowest BCUT2D eigenvalue weighted by Gasteiger charge is -2.55. The second-order valence-electron chi connectivity index (χ2n) is 18.8. The molecule has 0 aromatic carbocycles. The maximum absolute atomic E-state index is 15.8. The predicted molar refractivity (Wildman–Crippen MR) is 294 cm³/mol. The Morgan fingerprint density at radius 2 is 0.406 bits per heavy atom. The monoisotopic (exact) mass is 1380 g/mol. The van der Waals surface area contributed by atoms with Crippen molar-refractivity contribution in [2.75, 3.05) is 0 Å². The van der Waals surface area contributed by atoms with Gasteiger partial charge in [-0.05, 0) is 0 Å². The molecule has 504 valence electrons. The number of nitrogens with one attached hydrogen (secondary N) is 18. The summed E-state index contributed by atoms with van der Waals surface area (Å²) in [6.45, 7) is 0. The average Bonchev–Trinajstić information content (AvgIpc) is 0.672. The Bertz CT molecular complexity index is 5860. The van der Waals surface area contributed by atoms with Crippen LogP contribution in [-0.2, 0) is 22.3 Å². The fraction of sp³-hybridized carbons (Fsp3) is 0.222. The molecular weight excluding hydrogens is 1350 g/mol. The molecule has 4 atom stereocenters. The van der Waals surface area contributed by atoms with Crippen molar-refractivity contribution < 1.29 is 25.2 Å². The highest BCUT2D eigenvalue weighted by atomic mass is 32.1. The second kappa shape index (κ2) is 22.4. The van der Waals surface area contributed by atoms with Gasteiger partial charge in [-0.1, -0.05) is 0 Å². The van der Waals surface area contributed by atoms with Gasteiger partial charge in [-0.15, -0.1) is 0 Å². The topological polar surface area (TPSA) is 887 Å². The summed E-state index contributed by atoms with van der Waals surface area (Å²) in [7, 11) is 0. The molecule has 0 bridgehead atoms. The molecule has 0 amide bonds. The van der Waals surface area contributed by atoms with Crippen LogP contribution in [0, 0.1) is 5.92 Å². The lowest BCUT2D eigenvalue weighted by atomic mass is 9.69. The number of thiol groups is 1. The van der Waals surface area contributed by atoms with Gasteiger partial charge in [0.05, 0.1) is 4.75 Å². The summed E-state index contributed by atoms with van der Waals surface area (Å²) in [6, 6.07) is -15.7. The maximum atomic E-state index is 15.8. The fourth-order valence-electron chi connectivity index (χ4n) is 10.5. The number of H-pyrrole nitrogens is 18. The molecule has 9 heterocycles. The predicted octanol–water partition coefficient (Wildman–Crippen LogP) is -23.5. The molecule has 0 radical (unpaired) electrons. The zero-order chi connectivity index (χ0) is 71.4. The van der Waals surface area contributed by atoms with Crippen LogP contribution >= 0.6 is 12.6 Å². The van der Waals surface area contributed by atoms with Gasteiger partial charge in [0.25, 0.3) is 17.5 Å². The minimum Gasteiger partial charge on any atom is -0.481 e. The van der Waals surface area contributed by atoms with Crippen molar-refractivity contribution in [3.8, 4) is 0 Å². The third kappa shape index (κ3) is 9.95. The van der Waals surface area contributed by atoms with Crippen LogP contribution < -0.4 is 154 Å². The van der Waals surface area contributed by atoms with Gasteiger partial charge in [0, 0.05) is 0 Å². The molecule has 22 N–H and O–H groups in total. The van der Waals surface area contributed by atoms with E-state index in [-0.39, 0.29) is 0 Å². The number of aliphatic hydroxyl groups is 3. The Labute approximate surface area is 503 Å². The van der Waals surface area contributed by atoms with E-state index in [4.69, 9.17) is 0 Å². The number of aliphatic carboxylic acids is 1. The first-order valence-corrected chi connectivity index (χ1v) is 24.8. The highest BCUT2D eigenvalue weighted by molar-refractivity contribution is 7.82. The SMILES string of the molecule is O=C(O)C(C(n1c(=O)[nH]c(=O)[nH]c1=O)C(O)(n1c(=O)[nH]c(=O)[nH]c1=O)n1c(=O)[nH]c(=O)[nH]c1=O)C(S)(C(n1c(=O)[nH]c(=O)[nH]c1=O)C(O)(n1c(=O)[nH]c(=O)[nH]c1=O)n1c(=O)[nH]c(=O)[nH]c1=O)C(n1c(=O)[nH]c(=O)[nH]c1=O)C(O)(n1c(=O)[nH]c(=O)[nH]c1=O)n1c(=O)[nH]c(=O)[nH]c1=O.